The fraction of sp³-hybridized carbons (Fsp3) is 0.130. The molecule has 0 saturated carbocycles. The van der Waals surface area contributed by atoms with Gasteiger partial charge in [0.25, 0.3) is 0 Å². The first-order chi connectivity index (χ1) is 13.7. The Morgan fingerprint density at radius 1 is 0.679 bits per heavy atom. The molecule has 5 heteroatoms. The Labute approximate surface area is 170 Å². The monoisotopic (exact) mass is 570 g/mol. The summed E-state index contributed by atoms with van der Waals surface area (Å²) >= 11 is -4.31. The van der Waals surface area contributed by atoms with E-state index in [-0.39, 0.29) is 13.0 Å². The van der Waals surface area contributed by atoms with Crippen LogP contribution in [0.2, 0.25) is 0 Å². The summed E-state index contributed by atoms with van der Waals surface area (Å²) in [5.41, 5.74) is 0. The van der Waals surface area contributed by atoms with Gasteiger partial charge >= 0.3 is 171 Å². The molecule has 142 valence electrons. The second-order valence-corrected chi connectivity index (χ2v) is 19.1. The van der Waals surface area contributed by atoms with E-state index in [4.69, 9.17) is 7.42 Å². The number of carbonyl (C=O) groups is 2. The summed E-state index contributed by atoms with van der Waals surface area (Å²) in [7, 11) is 0. The summed E-state index contributed by atoms with van der Waals surface area (Å²) in [4.78, 5) is 24.6. The van der Waals surface area contributed by atoms with Crippen molar-refractivity contribution in [2.45, 2.75) is 13.3 Å². The molecule has 0 aliphatic carbocycles. The maximum absolute atomic E-state index is 12.8. The zero-order chi connectivity index (χ0) is 19.8. The number of hydrogen-bond donors (Lipinski definition) is 0. The molecule has 3 aromatic rings. The Kier molecular flexibility index (Phi) is 6.97. The van der Waals surface area contributed by atoms with E-state index in [2.05, 4.69) is 0 Å². The normalized spacial score (nSPS) is 10.9. The van der Waals surface area contributed by atoms with Crippen molar-refractivity contribution >= 4 is 42.9 Å². The predicted molar refractivity (Wildman–Crippen MR) is 111 cm³/mol. The SMILES string of the molecule is CCOC(=O)CC(=O)[O][Pb]([c]1ccccc1)([c]1ccccc1)[c]1ccccc1. The molecule has 0 atom stereocenters. The van der Waals surface area contributed by atoms with Gasteiger partial charge in [0.05, 0.1) is 0 Å². The van der Waals surface area contributed by atoms with Crippen LogP contribution in [-0.2, 0) is 17.0 Å². The quantitative estimate of drug-likeness (QED) is 0.249. The predicted octanol–water partition coefficient (Wildman–Crippen LogP) is 2.15. The molecule has 4 nitrogen and oxygen atoms in total. The van der Waals surface area contributed by atoms with Crippen LogP contribution in [0.5, 0.6) is 0 Å². The van der Waals surface area contributed by atoms with Crippen LogP contribution in [0, 0.1) is 0 Å². The van der Waals surface area contributed by atoms with E-state index in [0.717, 1.165) is 9.37 Å². The summed E-state index contributed by atoms with van der Waals surface area (Å²) in [6, 6.07) is 29.6. The topological polar surface area (TPSA) is 52.6 Å². The number of rotatable bonds is 7. The third kappa shape index (κ3) is 4.49. The molecular formula is C23H22O4Pb. The molecule has 0 heterocycles. The molecule has 0 fully saturated rings. The molecule has 0 aromatic heterocycles. The van der Waals surface area contributed by atoms with Crippen molar-refractivity contribution in [2.24, 2.45) is 0 Å². The van der Waals surface area contributed by atoms with Crippen LogP contribution in [0.15, 0.2) is 91.0 Å². The summed E-state index contributed by atoms with van der Waals surface area (Å²) in [5, 5.41) is 0. The van der Waals surface area contributed by atoms with Gasteiger partial charge in [-0.3, -0.25) is 0 Å². The van der Waals surface area contributed by atoms with Crippen LogP contribution in [0.4, 0.5) is 0 Å². The van der Waals surface area contributed by atoms with Gasteiger partial charge in [-0.05, 0) is 0 Å². The zero-order valence-electron chi connectivity index (χ0n) is 15.7. The van der Waals surface area contributed by atoms with Gasteiger partial charge in [-0.15, -0.1) is 0 Å². The minimum atomic E-state index is -4.31. The van der Waals surface area contributed by atoms with E-state index in [1.165, 1.54) is 0 Å². The first-order valence-electron chi connectivity index (χ1n) is 9.21. The molecule has 0 spiro atoms. The molecule has 0 aliphatic heterocycles. The van der Waals surface area contributed by atoms with E-state index >= 15 is 0 Å². The van der Waals surface area contributed by atoms with Gasteiger partial charge in [-0.25, -0.2) is 0 Å². The average molecular weight is 570 g/mol. The third-order valence-electron chi connectivity index (χ3n) is 4.40. The van der Waals surface area contributed by atoms with Crippen molar-refractivity contribution < 1.29 is 17.0 Å². The number of ether oxygens (including phenoxy) is 1. The summed E-state index contributed by atoms with van der Waals surface area (Å²) < 4.78 is 14.3. The molecule has 0 saturated heterocycles. The van der Waals surface area contributed by atoms with Gasteiger partial charge < -0.3 is 0 Å². The minimum absolute atomic E-state index is 0.234. The van der Waals surface area contributed by atoms with Crippen molar-refractivity contribution in [3.63, 3.8) is 0 Å². The van der Waals surface area contributed by atoms with Crippen LogP contribution in [0.1, 0.15) is 13.3 Å². The molecular weight excluding hydrogens is 547 g/mol. The van der Waals surface area contributed by atoms with Gasteiger partial charge in [-0.1, -0.05) is 0 Å². The second kappa shape index (κ2) is 9.64. The second-order valence-electron chi connectivity index (χ2n) is 6.24. The number of carbonyl (C=O) groups excluding carboxylic acids is 2. The van der Waals surface area contributed by atoms with Gasteiger partial charge in [-0.2, -0.15) is 0 Å². The van der Waals surface area contributed by atoms with Crippen molar-refractivity contribution in [1.29, 1.82) is 0 Å². The van der Waals surface area contributed by atoms with Crippen LogP contribution >= 0.6 is 0 Å². The van der Waals surface area contributed by atoms with Crippen molar-refractivity contribution in [2.75, 3.05) is 6.61 Å². The third-order valence-corrected chi connectivity index (χ3v) is 19.8. The van der Waals surface area contributed by atoms with Gasteiger partial charge in [0.2, 0.25) is 0 Å². The van der Waals surface area contributed by atoms with Crippen LogP contribution in [0.3, 0.4) is 0 Å². The first kappa shape index (κ1) is 20.3. The van der Waals surface area contributed by atoms with E-state index in [0.29, 0.717) is 0 Å². The molecule has 0 amide bonds. The summed E-state index contributed by atoms with van der Waals surface area (Å²) in [6.07, 6.45) is -0.387. The number of esters is 1. The van der Waals surface area contributed by atoms with Crippen LogP contribution in [-0.4, -0.2) is 40.2 Å². The molecule has 0 unspecified atom stereocenters. The number of hydrogen-bond acceptors (Lipinski definition) is 4. The summed E-state index contributed by atoms with van der Waals surface area (Å²) in [5.74, 6) is -1.11. The van der Waals surface area contributed by atoms with Crippen LogP contribution < -0.4 is 9.37 Å². The van der Waals surface area contributed by atoms with Gasteiger partial charge in [0.1, 0.15) is 0 Å². The molecule has 0 N–H and O–H groups in total. The Morgan fingerprint density at radius 2 is 1.07 bits per heavy atom. The van der Waals surface area contributed by atoms with Crippen molar-refractivity contribution in [3.05, 3.63) is 91.0 Å². The Bertz CT molecular complexity index is 814. The average Bonchev–Trinajstić information content (AvgIpc) is 2.74. The van der Waals surface area contributed by atoms with E-state index in [9.17, 15) is 9.59 Å². The molecule has 28 heavy (non-hydrogen) atoms. The Hall–Kier alpha value is -2.48. The van der Waals surface area contributed by atoms with E-state index in [1.54, 1.807) is 6.92 Å². The van der Waals surface area contributed by atoms with Crippen molar-refractivity contribution in [3.8, 4) is 0 Å². The fourth-order valence-corrected chi connectivity index (χ4v) is 17.8. The van der Waals surface area contributed by atoms with Crippen molar-refractivity contribution in [1.82, 2.24) is 0 Å². The van der Waals surface area contributed by atoms with E-state index < -0.39 is 33.6 Å². The molecule has 3 aromatic carbocycles. The van der Waals surface area contributed by atoms with E-state index in [1.807, 2.05) is 91.0 Å². The molecule has 0 radical (unpaired) electrons. The van der Waals surface area contributed by atoms with Gasteiger partial charge in [0.15, 0.2) is 0 Å². The van der Waals surface area contributed by atoms with Crippen LogP contribution in [0.25, 0.3) is 0 Å². The molecule has 0 bridgehead atoms. The standard InChI is InChI=1S/3C6H5.C5H8O4.Pb/c3*1-2-4-6-5-3-1;1-2-9-5(8)3-4(6)7;/h3*1-5H;2-3H2,1H3,(H,6,7);/q;;;;+1/p-1. The molecule has 0 aliphatic rings. The zero-order valence-corrected chi connectivity index (χ0v) is 19.6. The molecule has 3 rings (SSSR count). The Balaban J connectivity index is 2.14. The maximum atomic E-state index is 12.8. The summed E-state index contributed by atoms with van der Waals surface area (Å²) in [6.45, 7) is 1.95. The Morgan fingerprint density at radius 3 is 1.43 bits per heavy atom. The fourth-order valence-electron chi connectivity index (χ4n) is 3.23. The number of benzene rings is 3. The first-order valence-corrected chi connectivity index (χ1v) is 16.6. The van der Waals surface area contributed by atoms with Gasteiger partial charge in [0, 0.05) is 0 Å².